The van der Waals surface area contributed by atoms with E-state index in [-0.39, 0.29) is 18.2 Å². The van der Waals surface area contributed by atoms with Crippen molar-refractivity contribution in [3.05, 3.63) is 21.9 Å². The number of aryl methyl sites for hydroxylation is 1. The van der Waals surface area contributed by atoms with Crippen LogP contribution in [-0.2, 0) is 4.79 Å². The van der Waals surface area contributed by atoms with Crippen LogP contribution in [0.4, 0.5) is 4.79 Å². The Kier molecular flexibility index (Phi) is 4.04. The quantitative estimate of drug-likeness (QED) is 0.688. The van der Waals surface area contributed by atoms with Crippen LogP contribution in [0.1, 0.15) is 53.1 Å². The van der Waals surface area contributed by atoms with Crippen molar-refractivity contribution in [3.63, 3.8) is 0 Å². The highest BCUT2D eigenvalue weighted by molar-refractivity contribution is 7.14. The fraction of sp³-hybridized carbons (Fsp3) is 0.562. The summed E-state index contributed by atoms with van der Waals surface area (Å²) < 4.78 is 0. The molecule has 0 aromatic carbocycles. The minimum atomic E-state index is -0.765. The minimum Gasteiger partial charge on any atom is -0.323 e. The fourth-order valence-corrected chi connectivity index (χ4v) is 4.09. The van der Waals surface area contributed by atoms with Gasteiger partial charge >= 0.3 is 6.03 Å². The van der Waals surface area contributed by atoms with Crippen LogP contribution >= 0.6 is 11.3 Å². The molecule has 5 nitrogen and oxygen atoms in total. The van der Waals surface area contributed by atoms with Crippen LogP contribution in [0, 0.1) is 6.92 Å². The van der Waals surface area contributed by atoms with E-state index in [0.29, 0.717) is 17.7 Å². The highest BCUT2D eigenvalue weighted by Crippen LogP contribution is 2.32. The number of urea groups is 1. The summed E-state index contributed by atoms with van der Waals surface area (Å²) in [5.41, 5.74) is -0.765. The maximum Gasteiger partial charge on any atom is 0.325 e. The number of rotatable bonds is 3. The van der Waals surface area contributed by atoms with Crippen molar-refractivity contribution >= 4 is 29.1 Å². The van der Waals surface area contributed by atoms with Crippen molar-refractivity contribution in [2.45, 2.75) is 51.0 Å². The Morgan fingerprint density at radius 3 is 2.50 bits per heavy atom. The second kappa shape index (κ2) is 5.83. The molecule has 0 unspecified atom stereocenters. The summed E-state index contributed by atoms with van der Waals surface area (Å²) in [6.45, 7) is 1.77. The van der Waals surface area contributed by atoms with E-state index in [1.54, 1.807) is 6.07 Å². The van der Waals surface area contributed by atoms with Crippen molar-refractivity contribution in [2.24, 2.45) is 0 Å². The van der Waals surface area contributed by atoms with Gasteiger partial charge in [-0.1, -0.05) is 25.7 Å². The lowest BCUT2D eigenvalue weighted by Crippen LogP contribution is -2.46. The van der Waals surface area contributed by atoms with Crippen LogP contribution in [0.3, 0.4) is 0 Å². The normalized spacial score (nSPS) is 21.0. The first-order valence-electron chi connectivity index (χ1n) is 7.76. The van der Waals surface area contributed by atoms with Crippen LogP contribution in [0.5, 0.6) is 0 Å². The number of nitrogens with one attached hydrogen (secondary N) is 1. The molecule has 3 amide bonds. The Balaban J connectivity index is 1.75. The SMILES string of the molecule is Cc1ccc(C(=O)CN2C(=O)NC3(CCCCCC3)C2=O)s1. The zero-order valence-corrected chi connectivity index (χ0v) is 13.5. The lowest BCUT2D eigenvalue weighted by Gasteiger charge is -2.24. The van der Waals surface area contributed by atoms with Crippen LogP contribution < -0.4 is 5.32 Å². The molecule has 2 aliphatic rings. The molecule has 22 heavy (non-hydrogen) atoms. The summed E-state index contributed by atoms with van der Waals surface area (Å²) >= 11 is 1.39. The van der Waals surface area contributed by atoms with Gasteiger partial charge in [-0.3, -0.25) is 14.5 Å². The van der Waals surface area contributed by atoms with Crippen LogP contribution in [0.15, 0.2) is 12.1 Å². The molecule has 1 aliphatic heterocycles. The Labute approximate surface area is 133 Å². The lowest BCUT2D eigenvalue weighted by atomic mass is 9.90. The molecule has 3 rings (SSSR count). The predicted molar refractivity (Wildman–Crippen MR) is 84.1 cm³/mol. The smallest absolute Gasteiger partial charge is 0.323 e. The van der Waals surface area contributed by atoms with E-state index < -0.39 is 11.6 Å². The number of hydrogen-bond donors (Lipinski definition) is 1. The molecule has 1 spiro atoms. The first-order chi connectivity index (χ1) is 10.5. The third kappa shape index (κ3) is 2.67. The average Bonchev–Trinajstić information content (AvgIpc) is 2.89. The highest BCUT2D eigenvalue weighted by atomic mass is 32.1. The standard InChI is InChI=1S/C16H20N2O3S/c1-11-6-7-13(22-11)12(19)10-18-14(20)16(17-15(18)21)8-4-2-3-5-9-16/h6-7H,2-5,8-10H2,1H3,(H,17,21). The average molecular weight is 320 g/mol. The minimum absolute atomic E-state index is 0.160. The molecule has 1 N–H and O–H groups in total. The van der Waals surface area contributed by atoms with Gasteiger partial charge < -0.3 is 5.32 Å². The third-order valence-corrected chi connectivity index (χ3v) is 5.56. The van der Waals surface area contributed by atoms with Crippen molar-refractivity contribution in [3.8, 4) is 0 Å². The Morgan fingerprint density at radius 1 is 1.23 bits per heavy atom. The number of thiophene rings is 1. The van der Waals surface area contributed by atoms with E-state index in [9.17, 15) is 14.4 Å². The largest absolute Gasteiger partial charge is 0.325 e. The van der Waals surface area contributed by atoms with Gasteiger partial charge in [0, 0.05) is 4.88 Å². The van der Waals surface area contributed by atoms with Gasteiger partial charge in [-0.25, -0.2) is 4.79 Å². The van der Waals surface area contributed by atoms with Gasteiger partial charge in [-0.05, 0) is 31.9 Å². The summed E-state index contributed by atoms with van der Waals surface area (Å²) in [7, 11) is 0. The van der Waals surface area contributed by atoms with Gasteiger partial charge in [0.05, 0.1) is 11.4 Å². The lowest BCUT2D eigenvalue weighted by molar-refractivity contribution is -0.131. The first kappa shape index (κ1) is 15.2. The maximum atomic E-state index is 12.7. The molecule has 1 aliphatic carbocycles. The zero-order chi connectivity index (χ0) is 15.7. The molecule has 1 saturated carbocycles. The van der Waals surface area contributed by atoms with E-state index in [1.807, 2.05) is 13.0 Å². The van der Waals surface area contributed by atoms with E-state index >= 15 is 0 Å². The molecule has 2 heterocycles. The van der Waals surface area contributed by atoms with E-state index in [4.69, 9.17) is 0 Å². The first-order valence-corrected chi connectivity index (χ1v) is 8.57. The van der Waals surface area contributed by atoms with E-state index in [2.05, 4.69) is 5.32 Å². The van der Waals surface area contributed by atoms with Crippen LogP contribution in [0.2, 0.25) is 0 Å². The van der Waals surface area contributed by atoms with Crippen LogP contribution in [0.25, 0.3) is 0 Å². The Morgan fingerprint density at radius 2 is 1.91 bits per heavy atom. The molecule has 0 bridgehead atoms. The third-order valence-electron chi connectivity index (χ3n) is 4.52. The predicted octanol–water partition coefficient (Wildman–Crippen LogP) is 2.88. The molecule has 1 aromatic heterocycles. The molecular weight excluding hydrogens is 300 g/mol. The molecular formula is C16H20N2O3S. The maximum absolute atomic E-state index is 12.7. The van der Waals surface area contributed by atoms with Gasteiger partial charge in [0.15, 0.2) is 5.78 Å². The summed E-state index contributed by atoms with van der Waals surface area (Å²) in [5.74, 6) is -0.395. The van der Waals surface area contributed by atoms with Gasteiger partial charge in [-0.15, -0.1) is 11.3 Å². The summed E-state index contributed by atoms with van der Waals surface area (Å²) in [5, 5.41) is 2.86. The van der Waals surface area contributed by atoms with E-state index in [0.717, 1.165) is 35.5 Å². The highest BCUT2D eigenvalue weighted by Gasteiger charge is 2.51. The number of carbonyl (C=O) groups is 3. The summed E-state index contributed by atoms with van der Waals surface area (Å²) in [6.07, 6.45) is 5.44. The molecule has 1 saturated heterocycles. The molecule has 1 aromatic rings. The molecule has 6 heteroatoms. The van der Waals surface area contributed by atoms with Crippen molar-refractivity contribution in [1.29, 1.82) is 0 Å². The number of imide groups is 1. The number of hydrogen-bond acceptors (Lipinski definition) is 4. The zero-order valence-electron chi connectivity index (χ0n) is 12.7. The van der Waals surface area contributed by atoms with Gasteiger partial charge in [0.2, 0.25) is 0 Å². The second-order valence-electron chi connectivity index (χ2n) is 6.15. The number of carbonyl (C=O) groups excluding carboxylic acids is 3. The molecule has 0 atom stereocenters. The van der Waals surface area contributed by atoms with Gasteiger partial charge in [-0.2, -0.15) is 0 Å². The number of nitrogens with zero attached hydrogens (tertiary/aromatic N) is 1. The van der Waals surface area contributed by atoms with Gasteiger partial charge in [0.1, 0.15) is 5.54 Å². The Bertz CT molecular complexity index is 615. The monoisotopic (exact) mass is 320 g/mol. The van der Waals surface area contributed by atoms with Crippen molar-refractivity contribution < 1.29 is 14.4 Å². The van der Waals surface area contributed by atoms with Crippen molar-refractivity contribution in [1.82, 2.24) is 10.2 Å². The number of amides is 3. The molecule has 118 valence electrons. The van der Waals surface area contributed by atoms with Crippen LogP contribution in [-0.4, -0.2) is 34.7 Å². The molecule has 0 radical (unpaired) electrons. The van der Waals surface area contributed by atoms with Crippen molar-refractivity contribution in [2.75, 3.05) is 6.54 Å². The fourth-order valence-electron chi connectivity index (χ4n) is 3.30. The number of ketones is 1. The van der Waals surface area contributed by atoms with Gasteiger partial charge in [0.25, 0.3) is 5.91 Å². The number of Topliss-reactive ketones (excluding diaryl/α,β-unsaturated/α-hetero) is 1. The molecule has 2 fully saturated rings. The Hall–Kier alpha value is -1.69. The summed E-state index contributed by atoms with van der Waals surface area (Å²) in [6, 6.07) is 3.20. The summed E-state index contributed by atoms with van der Waals surface area (Å²) in [4.78, 5) is 39.9. The van der Waals surface area contributed by atoms with E-state index in [1.165, 1.54) is 11.3 Å². The topological polar surface area (TPSA) is 66.5 Å². The second-order valence-corrected chi connectivity index (χ2v) is 7.44.